The fourth-order valence-corrected chi connectivity index (χ4v) is 1.78. The summed E-state index contributed by atoms with van der Waals surface area (Å²) in [6.07, 6.45) is 4.42. The Labute approximate surface area is 95.5 Å². The number of amides is 1. The molecule has 1 fully saturated rings. The van der Waals surface area contributed by atoms with Crippen molar-refractivity contribution in [3.63, 3.8) is 0 Å². The SMILES string of the molecule is CCC(NC(=O)C1CNC1)c1ccncc1. The van der Waals surface area contributed by atoms with Crippen LogP contribution in [0.4, 0.5) is 0 Å². The van der Waals surface area contributed by atoms with E-state index in [1.807, 2.05) is 12.1 Å². The molecule has 1 amide bonds. The third kappa shape index (κ3) is 2.39. The van der Waals surface area contributed by atoms with Crippen molar-refractivity contribution in [1.29, 1.82) is 0 Å². The molecule has 4 heteroatoms. The molecular weight excluding hydrogens is 202 g/mol. The van der Waals surface area contributed by atoms with Gasteiger partial charge in [-0.1, -0.05) is 6.92 Å². The lowest BCUT2D eigenvalue weighted by Crippen LogP contribution is -2.51. The van der Waals surface area contributed by atoms with E-state index in [9.17, 15) is 4.79 Å². The van der Waals surface area contributed by atoms with Crippen LogP contribution in [0.1, 0.15) is 24.9 Å². The van der Waals surface area contributed by atoms with Crippen molar-refractivity contribution in [3.8, 4) is 0 Å². The molecule has 1 unspecified atom stereocenters. The van der Waals surface area contributed by atoms with Gasteiger partial charge in [-0.2, -0.15) is 0 Å². The lowest BCUT2D eigenvalue weighted by Gasteiger charge is -2.28. The van der Waals surface area contributed by atoms with E-state index in [-0.39, 0.29) is 17.9 Å². The van der Waals surface area contributed by atoms with Gasteiger partial charge in [-0.05, 0) is 24.1 Å². The van der Waals surface area contributed by atoms with Crippen molar-refractivity contribution < 1.29 is 4.79 Å². The Morgan fingerprint density at radius 1 is 1.56 bits per heavy atom. The number of hydrogen-bond acceptors (Lipinski definition) is 3. The summed E-state index contributed by atoms with van der Waals surface area (Å²) in [6.45, 7) is 3.68. The number of pyridine rings is 1. The molecule has 1 aromatic heterocycles. The zero-order chi connectivity index (χ0) is 11.4. The maximum atomic E-state index is 11.8. The van der Waals surface area contributed by atoms with Gasteiger partial charge in [0.15, 0.2) is 0 Å². The molecule has 0 bridgehead atoms. The van der Waals surface area contributed by atoms with Crippen LogP contribution in [-0.4, -0.2) is 24.0 Å². The first kappa shape index (κ1) is 11.1. The lowest BCUT2D eigenvalue weighted by atomic mass is 10.00. The normalized spacial score (nSPS) is 17.6. The molecule has 1 saturated heterocycles. The van der Waals surface area contributed by atoms with Crippen molar-refractivity contribution >= 4 is 5.91 Å². The first-order valence-corrected chi connectivity index (χ1v) is 5.72. The van der Waals surface area contributed by atoms with E-state index in [0.717, 1.165) is 25.1 Å². The van der Waals surface area contributed by atoms with Gasteiger partial charge >= 0.3 is 0 Å². The van der Waals surface area contributed by atoms with E-state index >= 15 is 0 Å². The molecule has 86 valence electrons. The number of carbonyl (C=O) groups is 1. The van der Waals surface area contributed by atoms with Crippen LogP contribution in [0.2, 0.25) is 0 Å². The van der Waals surface area contributed by atoms with E-state index in [1.54, 1.807) is 12.4 Å². The highest BCUT2D eigenvalue weighted by Crippen LogP contribution is 2.16. The van der Waals surface area contributed by atoms with Crippen molar-refractivity contribution in [3.05, 3.63) is 30.1 Å². The predicted octanol–water partition coefficient (Wildman–Crippen LogP) is 0.868. The molecule has 0 aromatic carbocycles. The summed E-state index contributed by atoms with van der Waals surface area (Å²) in [7, 11) is 0. The Bertz CT molecular complexity index is 349. The topological polar surface area (TPSA) is 54.0 Å². The molecular formula is C12H17N3O. The van der Waals surface area contributed by atoms with E-state index in [4.69, 9.17) is 0 Å². The molecule has 0 aliphatic carbocycles. The highest BCUT2D eigenvalue weighted by atomic mass is 16.2. The molecule has 16 heavy (non-hydrogen) atoms. The van der Waals surface area contributed by atoms with Gasteiger partial charge in [0.1, 0.15) is 0 Å². The van der Waals surface area contributed by atoms with Crippen LogP contribution in [0.15, 0.2) is 24.5 Å². The lowest BCUT2D eigenvalue weighted by molar-refractivity contribution is -0.127. The summed E-state index contributed by atoms with van der Waals surface area (Å²) in [5, 5.41) is 6.18. The van der Waals surface area contributed by atoms with Crippen LogP contribution in [-0.2, 0) is 4.79 Å². The van der Waals surface area contributed by atoms with E-state index in [1.165, 1.54) is 0 Å². The maximum Gasteiger partial charge on any atom is 0.226 e. The van der Waals surface area contributed by atoms with E-state index in [0.29, 0.717) is 0 Å². The fourth-order valence-electron chi connectivity index (χ4n) is 1.78. The van der Waals surface area contributed by atoms with Crippen molar-refractivity contribution in [2.45, 2.75) is 19.4 Å². The molecule has 2 rings (SSSR count). The van der Waals surface area contributed by atoms with Crippen molar-refractivity contribution in [2.24, 2.45) is 5.92 Å². The second-order valence-corrected chi connectivity index (χ2v) is 4.11. The molecule has 1 aromatic rings. The summed E-state index contributed by atoms with van der Waals surface area (Å²) in [5.74, 6) is 0.304. The molecule has 0 spiro atoms. The van der Waals surface area contributed by atoms with Gasteiger partial charge in [0.05, 0.1) is 12.0 Å². The number of carbonyl (C=O) groups excluding carboxylic acids is 1. The van der Waals surface area contributed by atoms with E-state index in [2.05, 4.69) is 22.5 Å². The number of hydrogen-bond donors (Lipinski definition) is 2. The molecule has 1 aliphatic rings. The Kier molecular flexibility index (Phi) is 3.51. The van der Waals surface area contributed by atoms with Gasteiger partial charge in [0.25, 0.3) is 0 Å². The minimum absolute atomic E-state index is 0.107. The standard InChI is InChI=1S/C12H17N3O/c1-2-11(9-3-5-13-6-4-9)15-12(16)10-7-14-8-10/h3-6,10-11,14H,2,7-8H2,1H3,(H,15,16). The third-order valence-corrected chi connectivity index (χ3v) is 2.99. The van der Waals surface area contributed by atoms with Crippen LogP contribution >= 0.6 is 0 Å². The van der Waals surface area contributed by atoms with Gasteiger partial charge in [-0.15, -0.1) is 0 Å². The number of nitrogens with zero attached hydrogens (tertiary/aromatic N) is 1. The molecule has 1 atom stereocenters. The zero-order valence-electron chi connectivity index (χ0n) is 9.44. The van der Waals surface area contributed by atoms with Crippen LogP contribution < -0.4 is 10.6 Å². The van der Waals surface area contributed by atoms with Crippen LogP contribution in [0.5, 0.6) is 0 Å². The van der Waals surface area contributed by atoms with Crippen molar-refractivity contribution in [2.75, 3.05) is 13.1 Å². The van der Waals surface area contributed by atoms with Crippen LogP contribution in [0.25, 0.3) is 0 Å². The van der Waals surface area contributed by atoms with Gasteiger partial charge in [-0.3, -0.25) is 9.78 Å². The average molecular weight is 219 g/mol. The summed E-state index contributed by atoms with van der Waals surface area (Å²) < 4.78 is 0. The quantitative estimate of drug-likeness (QED) is 0.790. The second-order valence-electron chi connectivity index (χ2n) is 4.11. The first-order valence-electron chi connectivity index (χ1n) is 5.72. The number of nitrogens with one attached hydrogen (secondary N) is 2. The molecule has 2 heterocycles. The highest BCUT2D eigenvalue weighted by molar-refractivity contribution is 5.80. The maximum absolute atomic E-state index is 11.8. The smallest absolute Gasteiger partial charge is 0.226 e. The Balaban J connectivity index is 1.97. The van der Waals surface area contributed by atoms with Gasteiger partial charge in [0, 0.05) is 25.5 Å². The molecule has 2 N–H and O–H groups in total. The summed E-state index contributed by atoms with van der Waals surface area (Å²) in [6, 6.07) is 4.01. The van der Waals surface area contributed by atoms with Crippen molar-refractivity contribution in [1.82, 2.24) is 15.6 Å². The van der Waals surface area contributed by atoms with Crippen LogP contribution in [0.3, 0.4) is 0 Å². The molecule has 0 saturated carbocycles. The van der Waals surface area contributed by atoms with E-state index < -0.39 is 0 Å². The summed E-state index contributed by atoms with van der Waals surface area (Å²) >= 11 is 0. The van der Waals surface area contributed by atoms with Gasteiger partial charge < -0.3 is 10.6 Å². The third-order valence-electron chi connectivity index (χ3n) is 2.99. The number of rotatable bonds is 4. The molecule has 1 aliphatic heterocycles. The predicted molar refractivity (Wildman–Crippen MR) is 61.8 cm³/mol. The molecule has 0 radical (unpaired) electrons. The minimum Gasteiger partial charge on any atom is -0.349 e. The zero-order valence-corrected chi connectivity index (χ0v) is 9.44. The number of aromatic nitrogens is 1. The largest absolute Gasteiger partial charge is 0.349 e. The summed E-state index contributed by atoms with van der Waals surface area (Å²) in [5.41, 5.74) is 1.12. The summed E-state index contributed by atoms with van der Waals surface area (Å²) in [4.78, 5) is 15.8. The first-order chi connectivity index (χ1) is 7.81. The minimum atomic E-state index is 0.107. The Morgan fingerprint density at radius 2 is 2.25 bits per heavy atom. The molecule has 4 nitrogen and oxygen atoms in total. The highest BCUT2D eigenvalue weighted by Gasteiger charge is 2.26. The monoisotopic (exact) mass is 219 g/mol. The van der Waals surface area contributed by atoms with Crippen LogP contribution in [0, 0.1) is 5.92 Å². The average Bonchev–Trinajstić information content (AvgIpc) is 2.24. The van der Waals surface area contributed by atoms with Gasteiger partial charge in [0.2, 0.25) is 5.91 Å². The fraction of sp³-hybridized carbons (Fsp3) is 0.500. The Morgan fingerprint density at radius 3 is 2.75 bits per heavy atom. The Hall–Kier alpha value is -1.42. The van der Waals surface area contributed by atoms with Gasteiger partial charge in [-0.25, -0.2) is 0 Å². The second kappa shape index (κ2) is 5.07.